The van der Waals surface area contributed by atoms with Crippen LogP contribution in [0.15, 0.2) is 41.5 Å². The number of pyridine rings is 1. The minimum absolute atomic E-state index is 0.105. The van der Waals surface area contributed by atoms with E-state index >= 15 is 0 Å². The van der Waals surface area contributed by atoms with Crippen molar-refractivity contribution in [1.82, 2.24) is 14.5 Å². The molecule has 0 amide bonds. The molecule has 0 spiro atoms. The van der Waals surface area contributed by atoms with Gasteiger partial charge in [-0.15, -0.1) is 0 Å². The van der Waals surface area contributed by atoms with E-state index in [1.807, 2.05) is 6.07 Å². The number of halogens is 1. The lowest BCUT2D eigenvalue weighted by molar-refractivity contribution is 0.295. The molecular weight excluding hydrogens is 333 g/mol. The second-order valence-electron chi connectivity index (χ2n) is 6.86. The Morgan fingerprint density at radius 1 is 1.31 bits per heavy atom. The van der Waals surface area contributed by atoms with E-state index in [0.717, 1.165) is 30.5 Å². The summed E-state index contributed by atoms with van der Waals surface area (Å²) in [7, 11) is 0. The van der Waals surface area contributed by atoms with Gasteiger partial charge in [0.15, 0.2) is 5.65 Å². The Morgan fingerprint density at radius 2 is 2.12 bits per heavy atom. The predicted octanol–water partition coefficient (Wildman–Crippen LogP) is 3.13. The summed E-state index contributed by atoms with van der Waals surface area (Å²) in [5, 5.41) is 0.558. The molecule has 0 radical (unpaired) electrons. The molecule has 1 aliphatic rings. The van der Waals surface area contributed by atoms with Gasteiger partial charge in [-0.05, 0) is 61.1 Å². The SMILES string of the molecule is CC1CCc2nc3ncn(CCOc4ccc(F)cc4)c(=O)c3cc2C1. The Balaban J connectivity index is 1.55. The van der Waals surface area contributed by atoms with Crippen molar-refractivity contribution in [3.8, 4) is 5.75 Å². The van der Waals surface area contributed by atoms with E-state index in [1.165, 1.54) is 23.0 Å². The van der Waals surface area contributed by atoms with Gasteiger partial charge >= 0.3 is 0 Å². The zero-order chi connectivity index (χ0) is 18.1. The van der Waals surface area contributed by atoms with Crippen LogP contribution in [0, 0.1) is 11.7 Å². The molecule has 4 rings (SSSR count). The molecule has 0 bridgehead atoms. The third kappa shape index (κ3) is 3.31. The van der Waals surface area contributed by atoms with Crippen molar-refractivity contribution in [1.29, 1.82) is 0 Å². The maximum absolute atomic E-state index is 12.9. The average Bonchev–Trinajstić information content (AvgIpc) is 2.64. The number of hydrogen-bond acceptors (Lipinski definition) is 4. The number of nitrogens with zero attached hydrogens (tertiary/aromatic N) is 3. The molecule has 3 aromatic rings. The number of aromatic nitrogens is 3. The summed E-state index contributed by atoms with van der Waals surface area (Å²) in [4.78, 5) is 21.7. The van der Waals surface area contributed by atoms with E-state index in [-0.39, 0.29) is 11.4 Å². The van der Waals surface area contributed by atoms with E-state index in [4.69, 9.17) is 4.74 Å². The molecule has 1 unspecified atom stereocenters. The summed E-state index contributed by atoms with van der Waals surface area (Å²) in [6.07, 6.45) is 4.55. The quantitative estimate of drug-likeness (QED) is 0.723. The van der Waals surface area contributed by atoms with Crippen molar-refractivity contribution in [2.24, 2.45) is 5.92 Å². The molecule has 1 aromatic carbocycles. The van der Waals surface area contributed by atoms with Crippen LogP contribution < -0.4 is 10.3 Å². The standard InChI is InChI=1S/C20H20FN3O2/c1-13-2-7-18-14(10-13)11-17-19(23-18)22-12-24(20(17)25)8-9-26-16-5-3-15(21)4-6-16/h3-6,11-13H,2,7-10H2,1H3. The molecule has 2 aromatic heterocycles. The van der Waals surface area contributed by atoms with Gasteiger partial charge in [-0.1, -0.05) is 6.92 Å². The van der Waals surface area contributed by atoms with E-state index < -0.39 is 0 Å². The fourth-order valence-electron chi connectivity index (χ4n) is 3.38. The summed E-state index contributed by atoms with van der Waals surface area (Å²) in [6.45, 7) is 2.89. The molecule has 1 aliphatic carbocycles. The predicted molar refractivity (Wildman–Crippen MR) is 96.9 cm³/mol. The van der Waals surface area contributed by atoms with E-state index in [0.29, 0.717) is 35.9 Å². The van der Waals surface area contributed by atoms with Crippen LogP contribution in [0.4, 0.5) is 4.39 Å². The smallest absolute Gasteiger partial charge is 0.262 e. The van der Waals surface area contributed by atoms with E-state index in [2.05, 4.69) is 16.9 Å². The third-order valence-electron chi connectivity index (χ3n) is 4.84. The Hall–Kier alpha value is -2.76. The minimum Gasteiger partial charge on any atom is -0.492 e. The summed E-state index contributed by atoms with van der Waals surface area (Å²) in [5.74, 6) is 0.875. The molecular formula is C20H20FN3O2. The highest BCUT2D eigenvalue weighted by Crippen LogP contribution is 2.25. The Bertz CT molecular complexity index is 998. The van der Waals surface area contributed by atoms with Crippen LogP contribution in [0.25, 0.3) is 11.0 Å². The van der Waals surface area contributed by atoms with Crippen LogP contribution in [-0.4, -0.2) is 21.1 Å². The van der Waals surface area contributed by atoms with Crippen LogP contribution in [0.1, 0.15) is 24.6 Å². The van der Waals surface area contributed by atoms with Gasteiger partial charge < -0.3 is 4.74 Å². The number of aryl methyl sites for hydroxylation is 1. The fraction of sp³-hybridized carbons (Fsp3) is 0.350. The van der Waals surface area contributed by atoms with Gasteiger partial charge in [-0.3, -0.25) is 9.36 Å². The highest BCUT2D eigenvalue weighted by Gasteiger charge is 2.18. The van der Waals surface area contributed by atoms with Crippen molar-refractivity contribution < 1.29 is 9.13 Å². The molecule has 0 fully saturated rings. The molecule has 1 atom stereocenters. The highest BCUT2D eigenvalue weighted by molar-refractivity contribution is 5.74. The van der Waals surface area contributed by atoms with E-state index in [1.54, 1.807) is 12.1 Å². The number of benzene rings is 1. The topological polar surface area (TPSA) is 57.0 Å². The van der Waals surface area contributed by atoms with Gasteiger partial charge in [0.2, 0.25) is 0 Å². The molecule has 134 valence electrons. The first-order valence-electron chi connectivity index (χ1n) is 8.86. The normalized spacial score (nSPS) is 16.5. The zero-order valence-corrected chi connectivity index (χ0v) is 14.6. The number of fused-ring (bicyclic) bond motifs is 2. The van der Waals surface area contributed by atoms with Gasteiger partial charge in [0.1, 0.15) is 24.5 Å². The second-order valence-corrected chi connectivity index (χ2v) is 6.86. The molecule has 26 heavy (non-hydrogen) atoms. The fourth-order valence-corrected chi connectivity index (χ4v) is 3.38. The lowest BCUT2D eigenvalue weighted by atomic mass is 9.87. The van der Waals surface area contributed by atoms with Crippen molar-refractivity contribution in [3.05, 3.63) is 64.1 Å². The lowest BCUT2D eigenvalue weighted by Crippen LogP contribution is -2.25. The Labute approximate surface area is 150 Å². The zero-order valence-electron chi connectivity index (χ0n) is 14.6. The first kappa shape index (κ1) is 16.7. The molecule has 6 heteroatoms. The first-order valence-corrected chi connectivity index (χ1v) is 8.86. The van der Waals surface area contributed by atoms with Gasteiger partial charge in [-0.2, -0.15) is 0 Å². The van der Waals surface area contributed by atoms with Gasteiger partial charge in [0.25, 0.3) is 5.56 Å². The van der Waals surface area contributed by atoms with Crippen LogP contribution in [0.2, 0.25) is 0 Å². The first-order chi connectivity index (χ1) is 12.6. The van der Waals surface area contributed by atoms with Gasteiger partial charge in [0, 0.05) is 5.69 Å². The van der Waals surface area contributed by atoms with Crippen LogP contribution in [-0.2, 0) is 19.4 Å². The minimum atomic E-state index is -0.308. The largest absolute Gasteiger partial charge is 0.492 e. The average molecular weight is 353 g/mol. The van der Waals surface area contributed by atoms with E-state index in [9.17, 15) is 9.18 Å². The van der Waals surface area contributed by atoms with Crippen molar-refractivity contribution in [3.63, 3.8) is 0 Å². The van der Waals surface area contributed by atoms with Gasteiger partial charge in [-0.25, -0.2) is 14.4 Å². The molecule has 0 aliphatic heterocycles. The number of hydrogen-bond donors (Lipinski definition) is 0. The van der Waals surface area contributed by atoms with Crippen molar-refractivity contribution in [2.45, 2.75) is 32.7 Å². The molecule has 0 saturated carbocycles. The maximum Gasteiger partial charge on any atom is 0.262 e. The second kappa shape index (κ2) is 6.86. The number of ether oxygens (including phenoxy) is 1. The van der Waals surface area contributed by atoms with Crippen LogP contribution in [0.5, 0.6) is 5.75 Å². The van der Waals surface area contributed by atoms with Crippen LogP contribution >= 0.6 is 0 Å². The monoisotopic (exact) mass is 353 g/mol. The highest BCUT2D eigenvalue weighted by atomic mass is 19.1. The van der Waals surface area contributed by atoms with Crippen molar-refractivity contribution in [2.75, 3.05) is 6.61 Å². The number of rotatable bonds is 4. The Morgan fingerprint density at radius 3 is 2.92 bits per heavy atom. The summed E-state index contributed by atoms with van der Waals surface area (Å²) < 4.78 is 20.0. The maximum atomic E-state index is 12.9. The summed E-state index contributed by atoms with van der Waals surface area (Å²) in [5.41, 5.74) is 2.64. The van der Waals surface area contributed by atoms with Crippen LogP contribution in [0.3, 0.4) is 0 Å². The molecule has 0 N–H and O–H groups in total. The van der Waals surface area contributed by atoms with Gasteiger partial charge in [0.05, 0.1) is 11.9 Å². The van der Waals surface area contributed by atoms with Crippen molar-refractivity contribution >= 4 is 11.0 Å². The molecule has 2 heterocycles. The lowest BCUT2D eigenvalue weighted by Gasteiger charge is -2.20. The Kier molecular flexibility index (Phi) is 4.41. The molecule has 5 nitrogen and oxygen atoms in total. The molecule has 0 saturated heterocycles. The third-order valence-corrected chi connectivity index (χ3v) is 4.84. The summed E-state index contributed by atoms with van der Waals surface area (Å²) in [6, 6.07) is 7.77. The summed E-state index contributed by atoms with van der Waals surface area (Å²) >= 11 is 0.